The minimum atomic E-state index is -0.160. The molecule has 0 unspecified atom stereocenters. The summed E-state index contributed by atoms with van der Waals surface area (Å²) in [5.41, 5.74) is 2.29. The van der Waals surface area contributed by atoms with Crippen molar-refractivity contribution in [2.24, 2.45) is 0 Å². The Bertz CT molecular complexity index is 1020. The van der Waals surface area contributed by atoms with Crippen LogP contribution in [0.1, 0.15) is 0 Å². The first kappa shape index (κ1) is 18.6. The van der Waals surface area contributed by atoms with E-state index in [0.29, 0.717) is 42.6 Å². The highest BCUT2D eigenvalue weighted by atomic mass is 32.2. The minimum absolute atomic E-state index is 0.0551. The summed E-state index contributed by atoms with van der Waals surface area (Å²) in [6, 6.07) is 7.79. The van der Waals surface area contributed by atoms with Crippen molar-refractivity contribution in [2.75, 3.05) is 45.6 Å². The number of aromatic amines is 1. The van der Waals surface area contributed by atoms with Crippen LogP contribution in [0.5, 0.6) is 0 Å². The summed E-state index contributed by atoms with van der Waals surface area (Å²) < 4.78 is 5.24. The largest absolute Gasteiger partial charge is 0.378 e. The number of nitrogens with one attached hydrogen (secondary N) is 1. The quantitative estimate of drug-likeness (QED) is 0.635. The van der Waals surface area contributed by atoms with Crippen LogP contribution in [0.3, 0.4) is 0 Å². The Balaban J connectivity index is 1.36. The molecule has 0 radical (unpaired) electrons. The number of rotatable bonds is 5. The zero-order valence-electron chi connectivity index (χ0n) is 15.4. The lowest BCUT2D eigenvalue weighted by Crippen LogP contribution is -2.46. The lowest BCUT2D eigenvalue weighted by molar-refractivity contribution is -0.140. The number of thioether (sulfide) groups is 1. The molecule has 0 spiro atoms. The number of fused-ring (bicyclic) bond motifs is 3. The second kappa shape index (κ2) is 8.11. The summed E-state index contributed by atoms with van der Waals surface area (Å²) in [7, 11) is 1.63. The van der Waals surface area contributed by atoms with Crippen LogP contribution in [0, 0.1) is 0 Å². The number of hydrogen-bond acceptors (Lipinski definition) is 7. The van der Waals surface area contributed by atoms with Gasteiger partial charge in [-0.05, 0) is 6.07 Å². The predicted octanol–water partition coefficient (Wildman–Crippen LogP) is 0.915. The average Bonchev–Trinajstić information content (AvgIpc) is 3.10. The van der Waals surface area contributed by atoms with Gasteiger partial charge in [-0.25, -0.2) is 4.98 Å². The Labute approximate surface area is 165 Å². The molecule has 10 heteroatoms. The molecule has 9 nitrogen and oxygen atoms in total. The number of carbonyl (C=O) groups excluding carboxylic acids is 2. The van der Waals surface area contributed by atoms with Gasteiger partial charge in [0.25, 0.3) is 0 Å². The van der Waals surface area contributed by atoms with Gasteiger partial charge in [0.15, 0.2) is 5.65 Å². The molecule has 0 bridgehead atoms. The first-order valence-corrected chi connectivity index (χ1v) is 9.94. The van der Waals surface area contributed by atoms with Crippen molar-refractivity contribution in [1.29, 1.82) is 0 Å². The first-order chi connectivity index (χ1) is 13.6. The third-order valence-electron chi connectivity index (χ3n) is 4.59. The van der Waals surface area contributed by atoms with Gasteiger partial charge >= 0.3 is 0 Å². The number of likely N-dealkylation sites (N-methyl/N-ethyl adjacent to an activating group) is 1. The van der Waals surface area contributed by atoms with Gasteiger partial charge in [0.2, 0.25) is 17.0 Å². The number of para-hydroxylation sites is 1. The van der Waals surface area contributed by atoms with E-state index in [2.05, 4.69) is 20.2 Å². The van der Waals surface area contributed by atoms with E-state index in [4.69, 9.17) is 4.74 Å². The molecular formula is C18H20N6O3S. The van der Waals surface area contributed by atoms with Crippen LogP contribution in [-0.4, -0.2) is 87.4 Å². The van der Waals surface area contributed by atoms with Gasteiger partial charge in [-0.15, -0.1) is 10.2 Å². The normalized spacial score (nSPS) is 14.5. The molecule has 0 aliphatic carbocycles. The topological polar surface area (TPSA) is 104 Å². The fraction of sp³-hybridized carbons (Fsp3) is 0.389. The number of ether oxygens (including phenoxy) is 1. The van der Waals surface area contributed by atoms with Gasteiger partial charge in [-0.2, -0.15) is 0 Å². The molecule has 2 aromatic heterocycles. The fourth-order valence-corrected chi connectivity index (χ4v) is 3.73. The van der Waals surface area contributed by atoms with Gasteiger partial charge in [-0.1, -0.05) is 30.0 Å². The minimum Gasteiger partial charge on any atom is -0.378 e. The van der Waals surface area contributed by atoms with Gasteiger partial charge in [-0.3, -0.25) is 9.59 Å². The second-order valence-corrected chi connectivity index (χ2v) is 7.44. The van der Waals surface area contributed by atoms with E-state index in [1.807, 2.05) is 24.3 Å². The van der Waals surface area contributed by atoms with Crippen LogP contribution in [0.4, 0.5) is 0 Å². The fourth-order valence-electron chi connectivity index (χ4n) is 3.01. The van der Waals surface area contributed by atoms with E-state index in [-0.39, 0.29) is 24.1 Å². The van der Waals surface area contributed by atoms with Crippen molar-refractivity contribution in [1.82, 2.24) is 30.0 Å². The lowest BCUT2D eigenvalue weighted by Gasteiger charge is -2.28. The van der Waals surface area contributed by atoms with Gasteiger partial charge in [0.1, 0.15) is 5.52 Å². The zero-order chi connectivity index (χ0) is 19.5. The highest BCUT2D eigenvalue weighted by Gasteiger charge is 2.21. The SMILES string of the molecule is CN(CC(=O)N1CCOCC1)C(=O)CSc1nnc2c(n1)[nH]c1ccccc12. The van der Waals surface area contributed by atoms with Crippen molar-refractivity contribution in [2.45, 2.75) is 5.16 Å². The molecule has 0 atom stereocenters. The van der Waals surface area contributed by atoms with Crippen molar-refractivity contribution in [3.8, 4) is 0 Å². The Hall–Kier alpha value is -2.72. The van der Waals surface area contributed by atoms with E-state index in [1.54, 1.807) is 11.9 Å². The van der Waals surface area contributed by atoms with Crippen molar-refractivity contribution in [3.05, 3.63) is 24.3 Å². The third kappa shape index (κ3) is 3.92. The lowest BCUT2D eigenvalue weighted by atomic mass is 10.2. The van der Waals surface area contributed by atoms with Crippen LogP contribution in [0.2, 0.25) is 0 Å². The maximum Gasteiger partial charge on any atom is 0.242 e. The predicted molar refractivity (Wildman–Crippen MR) is 105 cm³/mol. The van der Waals surface area contributed by atoms with Crippen LogP contribution in [-0.2, 0) is 14.3 Å². The molecule has 3 heterocycles. The third-order valence-corrected chi connectivity index (χ3v) is 5.41. The van der Waals surface area contributed by atoms with Gasteiger partial charge in [0.05, 0.1) is 25.5 Å². The first-order valence-electron chi connectivity index (χ1n) is 8.95. The molecule has 2 amide bonds. The van der Waals surface area contributed by atoms with Crippen LogP contribution in [0.25, 0.3) is 22.1 Å². The maximum atomic E-state index is 12.4. The molecule has 146 valence electrons. The smallest absolute Gasteiger partial charge is 0.242 e. The summed E-state index contributed by atoms with van der Waals surface area (Å²) in [6.45, 7) is 2.28. The second-order valence-electron chi connectivity index (χ2n) is 6.49. The molecule has 0 saturated carbocycles. The Kier molecular flexibility index (Phi) is 5.40. The summed E-state index contributed by atoms with van der Waals surface area (Å²) in [5.74, 6) is -0.0890. The molecule has 1 aliphatic rings. The van der Waals surface area contributed by atoms with E-state index >= 15 is 0 Å². The summed E-state index contributed by atoms with van der Waals surface area (Å²) in [4.78, 5) is 35.4. The van der Waals surface area contributed by atoms with Gasteiger partial charge < -0.3 is 19.5 Å². The van der Waals surface area contributed by atoms with E-state index < -0.39 is 0 Å². The molecule has 1 aromatic carbocycles. The molecule has 1 saturated heterocycles. The summed E-state index contributed by atoms with van der Waals surface area (Å²) in [5, 5.41) is 9.74. The summed E-state index contributed by atoms with van der Waals surface area (Å²) >= 11 is 1.20. The molecular weight excluding hydrogens is 380 g/mol. The number of nitrogens with zero attached hydrogens (tertiary/aromatic N) is 5. The number of benzene rings is 1. The highest BCUT2D eigenvalue weighted by molar-refractivity contribution is 7.99. The number of morpholine rings is 1. The van der Waals surface area contributed by atoms with Gasteiger partial charge in [0, 0.05) is 31.0 Å². The van der Waals surface area contributed by atoms with Crippen LogP contribution in [0.15, 0.2) is 29.4 Å². The number of amides is 2. The molecule has 1 fully saturated rings. The Morgan fingerprint density at radius 1 is 1.25 bits per heavy atom. The summed E-state index contributed by atoms with van der Waals surface area (Å²) in [6.07, 6.45) is 0. The molecule has 1 aliphatic heterocycles. The Morgan fingerprint density at radius 3 is 2.86 bits per heavy atom. The zero-order valence-corrected chi connectivity index (χ0v) is 16.2. The van der Waals surface area contributed by atoms with Crippen molar-refractivity contribution < 1.29 is 14.3 Å². The monoisotopic (exact) mass is 400 g/mol. The number of carbonyl (C=O) groups is 2. The molecule has 3 aromatic rings. The van der Waals surface area contributed by atoms with Crippen LogP contribution < -0.4 is 0 Å². The highest BCUT2D eigenvalue weighted by Crippen LogP contribution is 2.23. The van der Waals surface area contributed by atoms with Crippen molar-refractivity contribution >= 4 is 45.6 Å². The molecule has 4 rings (SSSR count). The van der Waals surface area contributed by atoms with E-state index in [1.165, 1.54) is 16.7 Å². The molecule has 1 N–H and O–H groups in total. The van der Waals surface area contributed by atoms with Crippen LogP contribution >= 0.6 is 11.8 Å². The average molecular weight is 400 g/mol. The number of aromatic nitrogens is 4. The Morgan fingerprint density at radius 2 is 2.04 bits per heavy atom. The maximum absolute atomic E-state index is 12.4. The van der Waals surface area contributed by atoms with E-state index in [9.17, 15) is 9.59 Å². The standard InChI is InChI=1S/C18H20N6O3S/c1-23(10-14(25)24-6-8-27-9-7-24)15(26)11-28-18-20-17-16(21-22-18)12-4-2-3-5-13(12)19-17/h2-5H,6-11H2,1H3,(H,19,20,22). The number of hydrogen-bond donors (Lipinski definition) is 1. The van der Waals surface area contributed by atoms with Crippen molar-refractivity contribution in [3.63, 3.8) is 0 Å². The number of H-pyrrole nitrogens is 1. The van der Waals surface area contributed by atoms with E-state index in [0.717, 1.165) is 10.9 Å². The molecule has 28 heavy (non-hydrogen) atoms.